The standard InChI is InChI=1S/C16H19NO3S/c1-2-11-5-6-21-16(11)9-17-8-13(18)12-3-4-14-15(7-12)20-10-19-14/h3-7,13,17-18H,2,8-10H2,1H3. The van der Waals surface area contributed by atoms with Gasteiger partial charge in [-0.15, -0.1) is 11.3 Å². The zero-order valence-corrected chi connectivity index (χ0v) is 12.8. The number of aliphatic hydroxyl groups is 1. The molecule has 1 aliphatic heterocycles. The van der Waals surface area contributed by atoms with Gasteiger partial charge in [-0.3, -0.25) is 0 Å². The number of aryl methyl sites for hydroxylation is 1. The van der Waals surface area contributed by atoms with Crippen molar-refractivity contribution < 1.29 is 14.6 Å². The Hall–Kier alpha value is -1.56. The highest BCUT2D eigenvalue weighted by Gasteiger charge is 2.16. The van der Waals surface area contributed by atoms with Crippen LogP contribution in [0.25, 0.3) is 0 Å². The molecule has 2 aromatic rings. The molecule has 0 saturated carbocycles. The molecule has 0 spiro atoms. The molecule has 0 fully saturated rings. The molecule has 1 aromatic heterocycles. The molecule has 0 bridgehead atoms. The van der Waals surface area contributed by atoms with E-state index in [1.807, 2.05) is 18.2 Å². The highest BCUT2D eigenvalue weighted by Crippen LogP contribution is 2.34. The largest absolute Gasteiger partial charge is 0.454 e. The lowest BCUT2D eigenvalue weighted by Crippen LogP contribution is -2.21. The first-order chi connectivity index (χ1) is 10.3. The van der Waals surface area contributed by atoms with Gasteiger partial charge in [-0.05, 0) is 41.1 Å². The van der Waals surface area contributed by atoms with Gasteiger partial charge in [-0.1, -0.05) is 13.0 Å². The summed E-state index contributed by atoms with van der Waals surface area (Å²) in [5, 5.41) is 15.7. The van der Waals surface area contributed by atoms with Crippen molar-refractivity contribution in [3.8, 4) is 11.5 Å². The van der Waals surface area contributed by atoms with Gasteiger partial charge < -0.3 is 19.9 Å². The van der Waals surface area contributed by atoms with E-state index in [9.17, 15) is 5.11 Å². The van der Waals surface area contributed by atoms with Gasteiger partial charge in [0.05, 0.1) is 6.10 Å². The topological polar surface area (TPSA) is 50.7 Å². The Morgan fingerprint density at radius 3 is 3.00 bits per heavy atom. The van der Waals surface area contributed by atoms with Gasteiger partial charge in [-0.25, -0.2) is 0 Å². The van der Waals surface area contributed by atoms with E-state index in [0.717, 1.165) is 24.3 Å². The first-order valence-electron chi connectivity index (χ1n) is 7.11. The van der Waals surface area contributed by atoms with Crippen LogP contribution in [0.15, 0.2) is 29.6 Å². The first-order valence-corrected chi connectivity index (χ1v) is 7.99. The van der Waals surface area contributed by atoms with Crippen molar-refractivity contribution in [1.29, 1.82) is 0 Å². The lowest BCUT2D eigenvalue weighted by molar-refractivity contribution is 0.170. The zero-order valence-electron chi connectivity index (χ0n) is 12.0. The summed E-state index contributed by atoms with van der Waals surface area (Å²) < 4.78 is 10.6. The van der Waals surface area contributed by atoms with Gasteiger partial charge in [-0.2, -0.15) is 0 Å². The minimum absolute atomic E-state index is 0.255. The lowest BCUT2D eigenvalue weighted by Gasteiger charge is -2.13. The molecule has 1 unspecified atom stereocenters. The molecule has 0 saturated heterocycles. The summed E-state index contributed by atoms with van der Waals surface area (Å²) in [7, 11) is 0. The normalized spacial score (nSPS) is 14.4. The summed E-state index contributed by atoms with van der Waals surface area (Å²) in [6, 6.07) is 7.73. The summed E-state index contributed by atoms with van der Waals surface area (Å²) in [5.74, 6) is 1.45. The maximum Gasteiger partial charge on any atom is 0.231 e. The molecule has 0 amide bonds. The zero-order chi connectivity index (χ0) is 14.7. The smallest absolute Gasteiger partial charge is 0.231 e. The highest BCUT2D eigenvalue weighted by atomic mass is 32.1. The van der Waals surface area contributed by atoms with Crippen LogP contribution in [0.2, 0.25) is 0 Å². The maximum atomic E-state index is 10.3. The van der Waals surface area contributed by atoms with Crippen LogP contribution < -0.4 is 14.8 Å². The molecule has 112 valence electrons. The van der Waals surface area contributed by atoms with Gasteiger partial charge >= 0.3 is 0 Å². The molecule has 2 N–H and O–H groups in total. The summed E-state index contributed by atoms with van der Waals surface area (Å²) in [6.45, 7) is 3.72. The number of rotatable bonds is 6. The molecule has 1 aliphatic rings. The number of aliphatic hydroxyl groups excluding tert-OH is 1. The molecule has 0 aliphatic carbocycles. The number of ether oxygens (including phenoxy) is 2. The predicted octanol–water partition coefficient (Wildman–Crippen LogP) is 2.86. The van der Waals surface area contributed by atoms with Gasteiger partial charge in [0, 0.05) is 18.0 Å². The van der Waals surface area contributed by atoms with Crippen LogP contribution in [0, 0.1) is 0 Å². The van der Waals surface area contributed by atoms with Crippen LogP contribution in [0.1, 0.15) is 29.0 Å². The Labute approximate surface area is 128 Å². The van der Waals surface area contributed by atoms with E-state index in [1.54, 1.807) is 11.3 Å². The number of hydrogen-bond acceptors (Lipinski definition) is 5. The van der Waals surface area contributed by atoms with Gasteiger partial charge in [0.25, 0.3) is 0 Å². The monoisotopic (exact) mass is 305 g/mol. The van der Waals surface area contributed by atoms with Crippen molar-refractivity contribution >= 4 is 11.3 Å². The van der Waals surface area contributed by atoms with Crippen LogP contribution >= 0.6 is 11.3 Å². The van der Waals surface area contributed by atoms with Crippen molar-refractivity contribution in [2.75, 3.05) is 13.3 Å². The number of hydrogen-bond donors (Lipinski definition) is 2. The van der Waals surface area contributed by atoms with Crippen LogP contribution in [0.4, 0.5) is 0 Å². The molecular weight excluding hydrogens is 286 g/mol. The third-order valence-electron chi connectivity index (χ3n) is 3.62. The third kappa shape index (κ3) is 3.20. The number of fused-ring (bicyclic) bond motifs is 1. The molecule has 4 nitrogen and oxygen atoms in total. The quantitative estimate of drug-likeness (QED) is 0.861. The molecule has 21 heavy (non-hydrogen) atoms. The Kier molecular flexibility index (Phi) is 4.43. The highest BCUT2D eigenvalue weighted by molar-refractivity contribution is 7.10. The first kappa shape index (κ1) is 14.4. The summed E-state index contributed by atoms with van der Waals surface area (Å²) in [4.78, 5) is 1.34. The van der Waals surface area contributed by atoms with Gasteiger partial charge in [0.1, 0.15) is 0 Å². The van der Waals surface area contributed by atoms with Crippen LogP contribution in [-0.4, -0.2) is 18.4 Å². The average Bonchev–Trinajstić information content (AvgIpc) is 3.14. The molecule has 0 radical (unpaired) electrons. The van der Waals surface area contributed by atoms with Crippen molar-refractivity contribution in [3.63, 3.8) is 0 Å². The van der Waals surface area contributed by atoms with Crippen LogP contribution in [-0.2, 0) is 13.0 Å². The third-order valence-corrected chi connectivity index (χ3v) is 4.59. The van der Waals surface area contributed by atoms with E-state index >= 15 is 0 Å². The van der Waals surface area contributed by atoms with E-state index in [-0.39, 0.29) is 6.79 Å². The average molecular weight is 305 g/mol. The minimum Gasteiger partial charge on any atom is -0.454 e. The Bertz CT molecular complexity index is 611. The lowest BCUT2D eigenvalue weighted by atomic mass is 10.1. The molecule has 3 rings (SSSR count). The second kappa shape index (κ2) is 6.47. The molecular formula is C16H19NO3S. The Morgan fingerprint density at radius 2 is 2.14 bits per heavy atom. The van der Waals surface area contributed by atoms with Crippen molar-refractivity contribution in [1.82, 2.24) is 5.32 Å². The SMILES string of the molecule is CCc1ccsc1CNCC(O)c1ccc2c(c1)OCO2. The Balaban J connectivity index is 1.55. The predicted molar refractivity (Wildman–Crippen MR) is 82.9 cm³/mol. The van der Waals surface area contributed by atoms with Crippen molar-refractivity contribution in [2.24, 2.45) is 0 Å². The fraction of sp³-hybridized carbons (Fsp3) is 0.375. The summed E-state index contributed by atoms with van der Waals surface area (Å²) >= 11 is 1.76. The van der Waals surface area contributed by atoms with E-state index in [2.05, 4.69) is 23.7 Å². The fourth-order valence-corrected chi connectivity index (χ4v) is 3.34. The molecule has 1 aromatic carbocycles. The van der Waals surface area contributed by atoms with E-state index < -0.39 is 6.10 Å². The van der Waals surface area contributed by atoms with E-state index in [4.69, 9.17) is 9.47 Å². The second-order valence-electron chi connectivity index (χ2n) is 4.98. The van der Waals surface area contributed by atoms with Crippen LogP contribution in [0.3, 0.4) is 0 Å². The number of nitrogens with one attached hydrogen (secondary N) is 1. The van der Waals surface area contributed by atoms with Gasteiger partial charge in [0.2, 0.25) is 6.79 Å². The molecule has 1 atom stereocenters. The fourth-order valence-electron chi connectivity index (χ4n) is 2.40. The van der Waals surface area contributed by atoms with Crippen molar-refractivity contribution in [3.05, 3.63) is 45.6 Å². The van der Waals surface area contributed by atoms with Crippen LogP contribution in [0.5, 0.6) is 11.5 Å². The van der Waals surface area contributed by atoms with Gasteiger partial charge in [0.15, 0.2) is 11.5 Å². The maximum absolute atomic E-state index is 10.3. The molecule has 5 heteroatoms. The second-order valence-corrected chi connectivity index (χ2v) is 5.98. The number of thiophene rings is 1. The summed E-state index contributed by atoms with van der Waals surface area (Å²) in [6.07, 6.45) is 0.496. The minimum atomic E-state index is -0.551. The molecule has 2 heterocycles. The van der Waals surface area contributed by atoms with E-state index in [1.165, 1.54) is 10.4 Å². The van der Waals surface area contributed by atoms with E-state index in [0.29, 0.717) is 12.3 Å². The number of benzene rings is 1. The summed E-state index contributed by atoms with van der Waals surface area (Å²) in [5.41, 5.74) is 2.22. The Morgan fingerprint density at radius 1 is 1.29 bits per heavy atom. The van der Waals surface area contributed by atoms with Crippen molar-refractivity contribution in [2.45, 2.75) is 26.0 Å².